The van der Waals surface area contributed by atoms with E-state index in [-0.39, 0.29) is 49.3 Å². The number of aliphatic imine (C=N–C) groups is 1. The number of ether oxygens (including phenoxy) is 2. The number of piperidine rings is 1. The Balaban J connectivity index is 1.54. The molecule has 11 heteroatoms. The lowest BCUT2D eigenvalue weighted by molar-refractivity contribution is -0.158. The molecular formula is C28H45N5O6. The molecule has 7 N–H and O–H groups in total. The van der Waals surface area contributed by atoms with Crippen molar-refractivity contribution in [2.45, 2.75) is 94.5 Å². The number of hydrogen-bond acceptors (Lipinski definition) is 9. The second-order valence-corrected chi connectivity index (χ2v) is 11.6. The lowest BCUT2D eigenvalue weighted by Crippen LogP contribution is -2.58. The van der Waals surface area contributed by atoms with E-state index in [1.807, 2.05) is 13.0 Å². The third-order valence-corrected chi connectivity index (χ3v) is 9.01. The van der Waals surface area contributed by atoms with Crippen LogP contribution in [-0.4, -0.2) is 78.8 Å². The number of unbranched alkanes of at least 4 members (excludes halogenated alkanes) is 1. The Kier molecular flexibility index (Phi) is 9.46. The molecule has 2 aliphatic carbocycles. The number of fused-ring (bicyclic) bond motifs is 2. The molecule has 7 atom stereocenters. The minimum Gasteiger partial charge on any atom is -0.463 e. The SMILES string of the molecule is CN=C(N)N[C@@H](CC(C)=CC[C@@]12O[C@]1(C(=O)OCCCCO)C(=O)C1CCCCC1C2=O)C1CCNC(N)C1. The molecule has 2 saturated heterocycles. The highest BCUT2D eigenvalue weighted by atomic mass is 16.7. The molecule has 4 aliphatic rings. The third-order valence-electron chi connectivity index (χ3n) is 9.01. The van der Waals surface area contributed by atoms with Gasteiger partial charge in [-0.15, -0.1) is 0 Å². The molecule has 218 valence electrons. The molecule has 0 aromatic carbocycles. The van der Waals surface area contributed by atoms with Crippen molar-refractivity contribution in [1.82, 2.24) is 10.6 Å². The standard InChI is InChI=1S/C28H45N5O6/c1-17(15-21(33-26(30)31-2)18-10-12-32-22(29)16-18)9-11-27-23(35)19-7-3-4-8-20(19)24(36)28(27,39-27)25(37)38-14-6-5-13-34/h9,18-22,32,34H,3-8,10-16,29H2,1-2H3,(H3,30,31,33)/t18?,19?,20?,21-,22?,27-,28-/m0/s1. The topological polar surface area (TPSA) is 182 Å². The highest BCUT2D eigenvalue weighted by molar-refractivity contribution is 6.23. The summed E-state index contributed by atoms with van der Waals surface area (Å²) in [6, 6.07) is -0.0108. The molecule has 11 nitrogen and oxygen atoms in total. The minimum absolute atomic E-state index is 0.0106. The van der Waals surface area contributed by atoms with Crippen LogP contribution in [0.5, 0.6) is 0 Å². The number of guanidine groups is 1. The van der Waals surface area contributed by atoms with Gasteiger partial charge in [0.05, 0.1) is 12.8 Å². The molecule has 0 aromatic heterocycles. The summed E-state index contributed by atoms with van der Waals surface area (Å²) in [4.78, 5) is 44.9. The van der Waals surface area contributed by atoms with Crippen LogP contribution in [0.3, 0.4) is 0 Å². The van der Waals surface area contributed by atoms with Gasteiger partial charge in [0.25, 0.3) is 5.60 Å². The van der Waals surface area contributed by atoms with Gasteiger partial charge in [0, 0.05) is 38.0 Å². The Morgan fingerprint density at radius 2 is 1.97 bits per heavy atom. The zero-order valence-electron chi connectivity index (χ0n) is 23.2. The first-order chi connectivity index (χ1) is 18.7. The number of rotatable bonds is 11. The number of nitrogens with one attached hydrogen (secondary N) is 2. The number of nitrogens with zero attached hydrogens (tertiary/aromatic N) is 1. The van der Waals surface area contributed by atoms with Crippen LogP contribution in [0.1, 0.15) is 71.1 Å². The second kappa shape index (κ2) is 12.4. The number of carbonyl (C=O) groups is 3. The predicted molar refractivity (Wildman–Crippen MR) is 145 cm³/mol. The first-order valence-electron chi connectivity index (χ1n) is 14.4. The summed E-state index contributed by atoms with van der Waals surface area (Å²) in [5.74, 6) is -1.51. The zero-order valence-corrected chi connectivity index (χ0v) is 23.2. The summed E-state index contributed by atoms with van der Waals surface area (Å²) in [5.41, 5.74) is 9.79. The molecular weight excluding hydrogens is 502 g/mol. The highest BCUT2D eigenvalue weighted by Crippen LogP contribution is 2.61. The molecule has 0 spiro atoms. The number of esters is 1. The lowest BCUT2D eigenvalue weighted by Gasteiger charge is -2.37. The molecule has 0 bridgehead atoms. The second-order valence-electron chi connectivity index (χ2n) is 11.6. The predicted octanol–water partition coefficient (Wildman–Crippen LogP) is 0.682. The molecule has 4 rings (SSSR count). The van der Waals surface area contributed by atoms with Gasteiger partial charge in [-0.2, -0.15) is 0 Å². The first-order valence-corrected chi connectivity index (χ1v) is 14.4. The number of hydrogen-bond donors (Lipinski definition) is 5. The van der Waals surface area contributed by atoms with Crippen LogP contribution in [0.4, 0.5) is 0 Å². The number of Topliss-reactive ketones (excluding diaryl/α,β-unsaturated/α-hetero) is 2. The average molecular weight is 548 g/mol. The smallest absolute Gasteiger partial charge is 0.349 e. The van der Waals surface area contributed by atoms with Crippen molar-refractivity contribution in [3.63, 3.8) is 0 Å². The van der Waals surface area contributed by atoms with E-state index in [0.717, 1.165) is 37.8 Å². The molecule has 4 fully saturated rings. The number of aliphatic hydroxyl groups is 1. The van der Waals surface area contributed by atoms with Crippen LogP contribution in [0, 0.1) is 17.8 Å². The number of ketones is 2. The van der Waals surface area contributed by atoms with E-state index in [4.69, 9.17) is 26.0 Å². The van der Waals surface area contributed by atoms with Gasteiger partial charge in [0.1, 0.15) is 0 Å². The van der Waals surface area contributed by atoms with Crippen LogP contribution >= 0.6 is 0 Å². The Hall–Kier alpha value is -2.34. The third kappa shape index (κ3) is 5.77. The fourth-order valence-corrected chi connectivity index (χ4v) is 6.79. The molecule has 39 heavy (non-hydrogen) atoms. The molecule has 2 aliphatic heterocycles. The van der Waals surface area contributed by atoms with Gasteiger partial charge < -0.3 is 36.7 Å². The van der Waals surface area contributed by atoms with Crippen molar-refractivity contribution >= 4 is 23.5 Å². The fourth-order valence-electron chi connectivity index (χ4n) is 6.79. The summed E-state index contributed by atoms with van der Waals surface area (Å²) < 4.78 is 11.5. The molecule has 2 saturated carbocycles. The van der Waals surface area contributed by atoms with Gasteiger partial charge in [-0.3, -0.25) is 14.6 Å². The van der Waals surface area contributed by atoms with E-state index >= 15 is 0 Å². The number of carbonyl (C=O) groups excluding carboxylic acids is 3. The van der Waals surface area contributed by atoms with Crippen LogP contribution in [-0.2, 0) is 23.9 Å². The van der Waals surface area contributed by atoms with E-state index in [1.54, 1.807) is 7.05 Å². The van der Waals surface area contributed by atoms with Crippen LogP contribution < -0.4 is 22.1 Å². The Bertz CT molecular complexity index is 1000. The van der Waals surface area contributed by atoms with Crippen LogP contribution in [0.2, 0.25) is 0 Å². The van der Waals surface area contributed by atoms with E-state index < -0.39 is 29.0 Å². The van der Waals surface area contributed by atoms with E-state index in [0.29, 0.717) is 38.1 Å². The molecule has 0 aromatic rings. The minimum atomic E-state index is -1.86. The van der Waals surface area contributed by atoms with E-state index in [2.05, 4.69) is 15.6 Å². The lowest BCUT2D eigenvalue weighted by atomic mass is 9.61. The molecule has 0 radical (unpaired) electrons. The quantitative estimate of drug-likeness (QED) is 0.0469. The van der Waals surface area contributed by atoms with Gasteiger partial charge in [-0.1, -0.05) is 24.5 Å². The summed E-state index contributed by atoms with van der Waals surface area (Å²) in [5, 5.41) is 15.6. The average Bonchev–Trinajstić information content (AvgIpc) is 3.64. The molecule has 2 heterocycles. The monoisotopic (exact) mass is 547 g/mol. The van der Waals surface area contributed by atoms with Crippen molar-refractivity contribution in [2.75, 3.05) is 26.8 Å². The van der Waals surface area contributed by atoms with E-state index in [1.165, 1.54) is 0 Å². The summed E-state index contributed by atoms with van der Waals surface area (Å²) in [6.07, 6.45) is 8.25. The van der Waals surface area contributed by atoms with Crippen molar-refractivity contribution in [2.24, 2.45) is 34.2 Å². The molecule has 0 amide bonds. The number of epoxide rings is 1. The Labute approximate surface area is 230 Å². The van der Waals surface area contributed by atoms with E-state index in [9.17, 15) is 14.4 Å². The maximum absolute atomic E-state index is 13.8. The number of nitrogens with two attached hydrogens (primary N) is 2. The number of aliphatic hydroxyl groups excluding tert-OH is 1. The summed E-state index contributed by atoms with van der Waals surface area (Å²) in [6.45, 7) is 2.84. The fraction of sp³-hybridized carbons (Fsp3) is 0.786. The maximum atomic E-state index is 13.8. The van der Waals surface area contributed by atoms with Gasteiger partial charge >= 0.3 is 5.97 Å². The largest absolute Gasteiger partial charge is 0.463 e. The van der Waals surface area contributed by atoms with Gasteiger partial charge in [-0.25, -0.2) is 4.79 Å². The normalized spacial score (nSPS) is 35.6. The maximum Gasteiger partial charge on any atom is 0.349 e. The zero-order chi connectivity index (χ0) is 28.2. The van der Waals surface area contributed by atoms with Gasteiger partial charge in [0.15, 0.2) is 23.1 Å². The Morgan fingerprint density at radius 1 is 1.26 bits per heavy atom. The summed E-state index contributed by atoms with van der Waals surface area (Å²) in [7, 11) is 1.63. The van der Waals surface area contributed by atoms with Crippen LogP contribution in [0.25, 0.3) is 0 Å². The Morgan fingerprint density at radius 3 is 2.64 bits per heavy atom. The first kappa shape index (κ1) is 29.6. The van der Waals surface area contributed by atoms with Crippen molar-refractivity contribution in [3.05, 3.63) is 11.6 Å². The van der Waals surface area contributed by atoms with Crippen molar-refractivity contribution in [1.29, 1.82) is 0 Å². The van der Waals surface area contributed by atoms with Gasteiger partial charge in [-0.05, 0) is 64.3 Å². The highest BCUT2D eigenvalue weighted by Gasteiger charge is 2.86. The van der Waals surface area contributed by atoms with Crippen molar-refractivity contribution < 1.29 is 29.0 Å². The van der Waals surface area contributed by atoms with Crippen LogP contribution in [0.15, 0.2) is 16.6 Å². The summed E-state index contributed by atoms with van der Waals surface area (Å²) >= 11 is 0. The van der Waals surface area contributed by atoms with Crippen molar-refractivity contribution in [3.8, 4) is 0 Å². The van der Waals surface area contributed by atoms with Gasteiger partial charge in [0.2, 0.25) is 0 Å². The molecule has 4 unspecified atom stereocenters.